The van der Waals surface area contributed by atoms with Crippen LogP contribution in [-0.2, 0) is 22.7 Å². The third kappa shape index (κ3) is 4.60. The summed E-state index contributed by atoms with van der Waals surface area (Å²) in [5, 5.41) is 12.3. The maximum Gasteiger partial charge on any atom is 0.237 e. The van der Waals surface area contributed by atoms with Crippen LogP contribution in [0, 0.1) is 6.92 Å². The molecule has 3 N–H and O–H groups in total. The first-order chi connectivity index (χ1) is 12.1. The number of piperazine rings is 1. The summed E-state index contributed by atoms with van der Waals surface area (Å²) in [6, 6.07) is 3.32. The number of rotatable bonds is 6. The molecule has 0 saturated carbocycles. The Kier molecular flexibility index (Phi) is 5.34. The topological polar surface area (TPSA) is 116 Å². The summed E-state index contributed by atoms with van der Waals surface area (Å²) in [5.74, 6) is 0.879. The average molecular weight is 343 g/mol. The Hall–Kier alpha value is -2.81. The van der Waals surface area contributed by atoms with E-state index >= 15 is 0 Å². The zero-order chi connectivity index (χ0) is 17.6. The Balaban J connectivity index is 1.58. The number of nitrogens with zero attached hydrogens (tertiary/aromatic N) is 4. The average Bonchev–Trinajstić information content (AvgIpc) is 3.02. The fourth-order valence-corrected chi connectivity index (χ4v) is 2.79. The molecule has 0 bridgehead atoms. The molecule has 1 fully saturated rings. The van der Waals surface area contributed by atoms with E-state index in [4.69, 9.17) is 0 Å². The van der Waals surface area contributed by atoms with Crippen molar-refractivity contribution in [2.45, 2.75) is 32.5 Å². The molecule has 9 nitrogen and oxygen atoms in total. The summed E-state index contributed by atoms with van der Waals surface area (Å²) in [4.78, 5) is 34.7. The van der Waals surface area contributed by atoms with Gasteiger partial charge in [-0.1, -0.05) is 6.07 Å². The largest absolute Gasteiger partial charge is 0.353 e. The number of amides is 2. The molecular formula is C16H21N7O2. The molecule has 0 aliphatic carbocycles. The van der Waals surface area contributed by atoms with Gasteiger partial charge in [-0.15, -0.1) is 0 Å². The van der Waals surface area contributed by atoms with E-state index in [0.29, 0.717) is 31.3 Å². The van der Waals surface area contributed by atoms with Gasteiger partial charge in [-0.25, -0.2) is 4.98 Å². The van der Waals surface area contributed by atoms with Crippen LogP contribution < -0.4 is 10.6 Å². The number of pyridine rings is 1. The fourth-order valence-electron chi connectivity index (χ4n) is 2.79. The molecular weight excluding hydrogens is 322 g/mol. The zero-order valence-electron chi connectivity index (χ0n) is 14.0. The Morgan fingerprint density at radius 2 is 2.36 bits per heavy atom. The number of hydrogen-bond acceptors (Lipinski definition) is 6. The van der Waals surface area contributed by atoms with Crippen LogP contribution in [0.1, 0.15) is 23.6 Å². The van der Waals surface area contributed by atoms with Crippen molar-refractivity contribution < 1.29 is 9.59 Å². The quantitative estimate of drug-likeness (QED) is 0.652. The Morgan fingerprint density at radius 3 is 3.08 bits per heavy atom. The van der Waals surface area contributed by atoms with Crippen LogP contribution >= 0.6 is 0 Å². The van der Waals surface area contributed by atoms with Crippen molar-refractivity contribution >= 4 is 11.8 Å². The number of aromatic nitrogens is 4. The third-order valence-electron chi connectivity index (χ3n) is 4.02. The number of aryl methyl sites for hydroxylation is 1. The second-order valence-electron chi connectivity index (χ2n) is 5.96. The molecule has 2 aromatic heterocycles. The third-order valence-corrected chi connectivity index (χ3v) is 4.02. The van der Waals surface area contributed by atoms with E-state index in [0.717, 1.165) is 5.56 Å². The molecule has 1 aliphatic rings. The number of aromatic amines is 1. The smallest absolute Gasteiger partial charge is 0.237 e. The summed E-state index contributed by atoms with van der Waals surface area (Å²) >= 11 is 0. The lowest BCUT2D eigenvalue weighted by Crippen LogP contribution is -2.56. The van der Waals surface area contributed by atoms with Gasteiger partial charge in [0.2, 0.25) is 11.8 Å². The molecule has 0 spiro atoms. The van der Waals surface area contributed by atoms with Crippen molar-refractivity contribution in [1.29, 1.82) is 0 Å². The lowest BCUT2D eigenvalue weighted by Gasteiger charge is -2.34. The van der Waals surface area contributed by atoms with Gasteiger partial charge in [-0.3, -0.25) is 24.6 Å². The molecule has 1 atom stereocenters. The first kappa shape index (κ1) is 17.0. The second-order valence-corrected chi connectivity index (χ2v) is 5.96. The first-order valence-electron chi connectivity index (χ1n) is 8.17. The van der Waals surface area contributed by atoms with Crippen LogP contribution in [0.4, 0.5) is 0 Å². The van der Waals surface area contributed by atoms with E-state index in [1.807, 2.05) is 17.0 Å². The van der Waals surface area contributed by atoms with Crippen LogP contribution in [0.5, 0.6) is 0 Å². The first-order valence-corrected chi connectivity index (χ1v) is 8.17. The minimum absolute atomic E-state index is 0.0928. The van der Waals surface area contributed by atoms with Gasteiger partial charge in [0.15, 0.2) is 5.82 Å². The van der Waals surface area contributed by atoms with Gasteiger partial charge < -0.3 is 10.6 Å². The van der Waals surface area contributed by atoms with Gasteiger partial charge in [-0.2, -0.15) is 5.10 Å². The molecule has 2 aromatic rings. The lowest BCUT2D eigenvalue weighted by molar-refractivity contribution is -0.134. The predicted molar refractivity (Wildman–Crippen MR) is 89.0 cm³/mol. The van der Waals surface area contributed by atoms with Gasteiger partial charge in [-0.05, 0) is 18.6 Å². The van der Waals surface area contributed by atoms with E-state index in [2.05, 4.69) is 30.8 Å². The van der Waals surface area contributed by atoms with Crippen LogP contribution in [0.25, 0.3) is 0 Å². The van der Waals surface area contributed by atoms with Crippen LogP contribution in [0.2, 0.25) is 0 Å². The van der Waals surface area contributed by atoms with Crippen LogP contribution in [0.3, 0.4) is 0 Å². The number of carbonyl (C=O) groups is 2. The number of nitrogens with one attached hydrogen (secondary N) is 3. The maximum absolute atomic E-state index is 12.2. The van der Waals surface area contributed by atoms with Gasteiger partial charge in [0, 0.05) is 32.0 Å². The number of hydrogen-bond donors (Lipinski definition) is 3. The van der Waals surface area contributed by atoms with Gasteiger partial charge >= 0.3 is 0 Å². The molecule has 0 aromatic carbocycles. The summed E-state index contributed by atoms with van der Waals surface area (Å²) in [7, 11) is 0. The van der Waals surface area contributed by atoms with Gasteiger partial charge in [0.25, 0.3) is 0 Å². The van der Waals surface area contributed by atoms with Gasteiger partial charge in [0.1, 0.15) is 5.82 Å². The van der Waals surface area contributed by atoms with E-state index in [1.54, 1.807) is 19.3 Å². The van der Waals surface area contributed by atoms with Crippen molar-refractivity contribution in [2.75, 3.05) is 13.1 Å². The van der Waals surface area contributed by atoms with Crippen molar-refractivity contribution in [2.24, 2.45) is 0 Å². The highest BCUT2D eigenvalue weighted by Crippen LogP contribution is 2.13. The van der Waals surface area contributed by atoms with E-state index < -0.39 is 6.04 Å². The van der Waals surface area contributed by atoms with Gasteiger partial charge in [0.05, 0.1) is 19.0 Å². The van der Waals surface area contributed by atoms with E-state index in [1.165, 1.54) is 0 Å². The summed E-state index contributed by atoms with van der Waals surface area (Å²) in [6.45, 7) is 3.88. The second kappa shape index (κ2) is 7.84. The molecule has 1 aliphatic heterocycles. The SMILES string of the molecule is Cc1nc(CNC(=O)C[C@@H]2C(=O)NCCN2Cc2cccnc2)n[nH]1. The molecule has 132 valence electrons. The molecule has 9 heteroatoms. The monoisotopic (exact) mass is 343 g/mol. The fraction of sp³-hybridized carbons (Fsp3) is 0.438. The standard InChI is InChI=1S/C16H21N7O2/c1-11-20-14(22-21-11)9-19-15(24)7-13-16(25)18-5-6-23(13)10-12-3-2-4-17-8-12/h2-4,8,13H,5-7,9-10H2,1H3,(H,18,25)(H,19,24)(H,20,21,22)/t13-/m1/s1. The van der Waals surface area contributed by atoms with Crippen molar-refractivity contribution in [3.05, 3.63) is 41.7 Å². The number of carbonyl (C=O) groups excluding carboxylic acids is 2. The summed E-state index contributed by atoms with van der Waals surface area (Å²) < 4.78 is 0. The van der Waals surface area contributed by atoms with Crippen molar-refractivity contribution in [3.63, 3.8) is 0 Å². The van der Waals surface area contributed by atoms with E-state index in [-0.39, 0.29) is 24.8 Å². The van der Waals surface area contributed by atoms with Crippen LogP contribution in [-0.4, -0.2) is 56.0 Å². The Bertz CT molecular complexity index is 731. The minimum atomic E-state index is -0.497. The molecule has 2 amide bonds. The van der Waals surface area contributed by atoms with E-state index in [9.17, 15) is 9.59 Å². The minimum Gasteiger partial charge on any atom is -0.353 e. The summed E-state index contributed by atoms with van der Waals surface area (Å²) in [6.07, 6.45) is 3.58. The molecule has 3 rings (SSSR count). The maximum atomic E-state index is 12.2. The molecule has 25 heavy (non-hydrogen) atoms. The highest BCUT2D eigenvalue weighted by atomic mass is 16.2. The van der Waals surface area contributed by atoms with Crippen LogP contribution in [0.15, 0.2) is 24.5 Å². The van der Waals surface area contributed by atoms with Crippen molar-refractivity contribution in [1.82, 2.24) is 35.7 Å². The highest BCUT2D eigenvalue weighted by Gasteiger charge is 2.31. The molecule has 1 saturated heterocycles. The zero-order valence-corrected chi connectivity index (χ0v) is 14.0. The predicted octanol–water partition coefficient (Wildman–Crippen LogP) is -0.485. The lowest BCUT2D eigenvalue weighted by atomic mass is 10.1. The summed E-state index contributed by atoms with van der Waals surface area (Å²) in [5.41, 5.74) is 1.01. The highest BCUT2D eigenvalue weighted by molar-refractivity contribution is 5.88. The Morgan fingerprint density at radius 1 is 1.48 bits per heavy atom. The van der Waals surface area contributed by atoms with Crippen molar-refractivity contribution in [3.8, 4) is 0 Å². The number of H-pyrrole nitrogens is 1. The molecule has 3 heterocycles. The Labute approximate surface area is 145 Å². The normalized spacial score (nSPS) is 18.0. The molecule has 0 unspecified atom stereocenters. The molecule has 0 radical (unpaired) electrons.